The molecule has 1 heterocycles. The molecule has 1 aromatic rings. The third-order valence-corrected chi connectivity index (χ3v) is 2.17. The number of rotatable bonds is 3. The van der Waals surface area contributed by atoms with Gasteiger partial charge in [0, 0.05) is 7.05 Å². The number of carbonyl (C=O) groups excluding carboxylic acids is 1. The number of anilines is 1. The summed E-state index contributed by atoms with van der Waals surface area (Å²) in [5, 5.41) is 7.72. The molecule has 3 N–H and O–H groups in total. The largest absolute Gasteiger partial charge is 0.395 e. The second kappa shape index (κ2) is 4.31. The lowest BCUT2D eigenvalue weighted by Crippen LogP contribution is -2.26. The second-order valence-corrected chi connectivity index (χ2v) is 3.54. The molecule has 0 spiro atoms. The summed E-state index contributed by atoms with van der Waals surface area (Å²) in [6.45, 7) is 3.94. The van der Waals surface area contributed by atoms with Gasteiger partial charge in [0.25, 0.3) is 5.91 Å². The second-order valence-electron chi connectivity index (χ2n) is 3.54. The molecule has 0 fully saturated rings. The first-order valence-corrected chi connectivity index (χ1v) is 4.65. The highest BCUT2D eigenvalue weighted by Crippen LogP contribution is 2.22. The summed E-state index contributed by atoms with van der Waals surface area (Å²) in [5.74, 6) is -0.162. The molecule has 0 aliphatic carbocycles. The Labute approximate surface area is 88.3 Å². The minimum absolute atomic E-state index is 0.197. The van der Waals surface area contributed by atoms with Gasteiger partial charge in [-0.3, -0.25) is 14.7 Å². The van der Waals surface area contributed by atoms with Gasteiger partial charge in [-0.25, -0.2) is 5.06 Å². The summed E-state index contributed by atoms with van der Waals surface area (Å²) >= 11 is 0. The summed E-state index contributed by atoms with van der Waals surface area (Å²) in [6.07, 6.45) is 0. The van der Waals surface area contributed by atoms with Gasteiger partial charge >= 0.3 is 0 Å². The predicted molar refractivity (Wildman–Crippen MR) is 56.2 cm³/mol. The van der Waals surface area contributed by atoms with E-state index in [2.05, 4.69) is 10.2 Å². The number of hydroxylamine groups is 2. The lowest BCUT2D eigenvalue weighted by Gasteiger charge is -2.12. The maximum atomic E-state index is 11.7. The van der Waals surface area contributed by atoms with Crippen LogP contribution in [0, 0.1) is 0 Å². The van der Waals surface area contributed by atoms with Crippen LogP contribution in [0.2, 0.25) is 0 Å². The van der Waals surface area contributed by atoms with E-state index < -0.39 is 0 Å². The number of nitrogen functional groups attached to an aromatic ring is 1. The average molecular weight is 212 g/mol. The molecule has 1 rings (SSSR count). The minimum Gasteiger partial charge on any atom is -0.395 e. The van der Waals surface area contributed by atoms with Crippen molar-refractivity contribution in [2.24, 2.45) is 0 Å². The first-order chi connectivity index (χ1) is 6.99. The first-order valence-electron chi connectivity index (χ1n) is 4.65. The molecule has 6 heteroatoms. The van der Waals surface area contributed by atoms with E-state index in [1.807, 2.05) is 13.8 Å². The van der Waals surface area contributed by atoms with Gasteiger partial charge < -0.3 is 5.73 Å². The van der Waals surface area contributed by atoms with Gasteiger partial charge in [0.15, 0.2) is 5.69 Å². The summed E-state index contributed by atoms with van der Waals surface area (Å²) < 4.78 is 0. The van der Waals surface area contributed by atoms with Gasteiger partial charge in [-0.15, -0.1) is 0 Å². The molecule has 0 unspecified atom stereocenters. The van der Waals surface area contributed by atoms with Crippen LogP contribution in [0.25, 0.3) is 0 Å². The van der Waals surface area contributed by atoms with Crippen LogP contribution in [-0.4, -0.2) is 35.3 Å². The van der Waals surface area contributed by atoms with Gasteiger partial charge in [-0.2, -0.15) is 5.10 Å². The van der Waals surface area contributed by atoms with Crippen molar-refractivity contribution in [3.05, 3.63) is 11.4 Å². The number of aromatic nitrogens is 2. The molecule has 0 saturated carbocycles. The van der Waals surface area contributed by atoms with E-state index in [1.54, 1.807) is 0 Å². The first kappa shape index (κ1) is 11.5. The third-order valence-electron chi connectivity index (χ3n) is 2.17. The van der Waals surface area contributed by atoms with Crippen LogP contribution < -0.4 is 5.73 Å². The number of aromatic amines is 1. The van der Waals surface area contributed by atoms with Crippen LogP contribution in [0.15, 0.2) is 0 Å². The van der Waals surface area contributed by atoms with E-state index in [4.69, 9.17) is 10.6 Å². The zero-order valence-electron chi connectivity index (χ0n) is 9.37. The van der Waals surface area contributed by atoms with Crippen LogP contribution in [0.3, 0.4) is 0 Å². The van der Waals surface area contributed by atoms with Crippen molar-refractivity contribution >= 4 is 11.6 Å². The minimum atomic E-state index is -0.363. The van der Waals surface area contributed by atoms with E-state index in [0.29, 0.717) is 5.69 Å². The van der Waals surface area contributed by atoms with Crippen molar-refractivity contribution in [1.29, 1.82) is 0 Å². The molecule has 0 saturated heterocycles. The number of hydrogen-bond donors (Lipinski definition) is 2. The molecular formula is C9H16N4O2. The number of nitrogens with one attached hydrogen (secondary N) is 1. The molecule has 1 aromatic heterocycles. The number of carbonyl (C=O) groups is 1. The molecule has 0 aliphatic heterocycles. The van der Waals surface area contributed by atoms with Gasteiger partial charge in [0.05, 0.1) is 18.5 Å². The normalized spacial score (nSPS) is 10.7. The zero-order valence-corrected chi connectivity index (χ0v) is 9.37. The Hall–Kier alpha value is -1.56. The summed E-state index contributed by atoms with van der Waals surface area (Å²) in [4.78, 5) is 16.4. The molecule has 0 bridgehead atoms. The highest BCUT2D eigenvalue weighted by Gasteiger charge is 2.21. The van der Waals surface area contributed by atoms with E-state index in [0.717, 1.165) is 10.8 Å². The van der Waals surface area contributed by atoms with Crippen molar-refractivity contribution in [2.45, 2.75) is 19.8 Å². The molecule has 15 heavy (non-hydrogen) atoms. The van der Waals surface area contributed by atoms with Crippen molar-refractivity contribution in [3.63, 3.8) is 0 Å². The Balaban J connectivity index is 3.01. The Morgan fingerprint density at radius 2 is 2.20 bits per heavy atom. The molecule has 0 atom stereocenters. The topological polar surface area (TPSA) is 84.2 Å². The van der Waals surface area contributed by atoms with E-state index >= 15 is 0 Å². The van der Waals surface area contributed by atoms with Crippen molar-refractivity contribution < 1.29 is 9.63 Å². The number of hydrogen-bond acceptors (Lipinski definition) is 4. The monoisotopic (exact) mass is 212 g/mol. The van der Waals surface area contributed by atoms with Crippen LogP contribution in [0.5, 0.6) is 0 Å². The van der Waals surface area contributed by atoms with Crippen LogP contribution in [-0.2, 0) is 4.84 Å². The lowest BCUT2D eigenvalue weighted by atomic mass is 10.1. The van der Waals surface area contributed by atoms with Crippen molar-refractivity contribution in [1.82, 2.24) is 15.3 Å². The molecule has 84 valence electrons. The van der Waals surface area contributed by atoms with E-state index in [9.17, 15) is 4.79 Å². The molecule has 6 nitrogen and oxygen atoms in total. The van der Waals surface area contributed by atoms with Gasteiger partial charge in [-0.1, -0.05) is 13.8 Å². The summed E-state index contributed by atoms with van der Waals surface area (Å²) in [6, 6.07) is 0. The Kier molecular flexibility index (Phi) is 3.31. The van der Waals surface area contributed by atoms with Gasteiger partial charge in [-0.05, 0) is 5.92 Å². The van der Waals surface area contributed by atoms with E-state index in [-0.39, 0.29) is 17.5 Å². The number of nitrogens with zero attached hydrogens (tertiary/aromatic N) is 2. The third kappa shape index (κ3) is 2.10. The highest BCUT2D eigenvalue weighted by molar-refractivity contribution is 5.96. The fraction of sp³-hybridized carbons (Fsp3) is 0.556. The maximum absolute atomic E-state index is 11.7. The fourth-order valence-corrected chi connectivity index (χ4v) is 1.20. The maximum Gasteiger partial charge on any atom is 0.299 e. The molecular weight excluding hydrogens is 196 g/mol. The lowest BCUT2D eigenvalue weighted by molar-refractivity contribution is -0.0759. The summed E-state index contributed by atoms with van der Waals surface area (Å²) in [5.41, 5.74) is 7.15. The number of amides is 1. The highest BCUT2D eigenvalue weighted by atomic mass is 16.7. The zero-order chi connectivity index (χ0) is 11.6. The fourth-order valence-electron chi connectivity index (χ4n) is 1.20. The van der Waals surface area contributed by atoms with Crippen LogP contribution >= 0.6 is 0 Å². The SMILES string of the molecule is CON(C)C(=O)c1n[nH]c(C(C)C)c1N. The molecule has 0 aliphatic rings. The Bertz CT molecular complexity index is 359. The molecule has 1 amide bonds. The number of nitrogens with two attached hydrogens (primary N) is 1. The smallest absolute Gasteiger partial charge is 0.299 e. The number of H-pyrrole nitrogens is 1. The molecule has 0 aromatic carbocycles. The Morgan fingerprint density at radius 3 is 2.60 bits per heavy atom. The Morgan fingerprint density at radius 1 is 1.60 bits per heavy atom. The van der Waals surface area contributed by atoms with Crippen molar-refractivity contribution in [3.8, 4) is 0 Å². The van der Waals surface area contributed by atoms with Crippen molar-refractivity contribution in [2.75, 3.05) is 19.9 Å². The average Bonchev–Trinajstić information content (AvgIpc) is 2.57. The van der Waals surface area contributed by atoms with Gasteiger partial charge in [0.1, 0.15) is 0 Å². The van der Waals surface area contributed by atoms with E-state index in [1.165, 1.54) is 14.2 Å². The van der Waals surface area contributed by atoms with Crippen LogP contribution in [0.4, 0.5) is 5.69 Å². The predicted octanol–water partition coefficient (Wildman–Crippen LogP) is 0.749. The quantitative estimate of drug-likeness (QED) is 0.724. The molecule has 0 radical (unpaired) electrons. The standard InChI is InChI=1S/C9H16N4O2/c1-5(2)7-6(10)8(12-11-7)9(14)13(3)15-4/h5H,10H2,1-4H3,(H,11,12). The summed E-state index contributed by atoms with van der Waals surface area (Å²) in [7, 11) is 2.91. The van der Waals surface area contributed by atoms with Gasteiger partial charge in [0.2, 0.25) is 0 Å². The van der Waals surface area contributed by atoms with Crippen LogP contribution in [0.1, 0.15) is 35.9 Å².